The fraction of sp³-hybridized carbons (Fsp3) is 0.900. The van der Waals surface area contributed by atoms with Crippen molar-refractivity contribution < 1.29 is 18.0 Å². The summed E-state index contributed by atoms with van der Waals surface area (Å²) in [6.07, 6.45) is -3.47. The topological polar surface area (TPSA) is 58.4 Å². The summed E-state index contributed by atoms with van der Waals surface area (Å²) in [5.41, 5.74) is 5.36. The monoisotopic (exact) mass is 253 g/mol. The molecule has 4 nitrogen and oxygen atoms in total. The summed E-state index contributed by atoms with van der Waals surface area (Å²) in [6, 6.07) is -0.581. The van der Waals surface area contributed by atoms with Gasteiger partial charge in [0.05, 0.1) is 12.6 Å². The Morgan fingerprint density at radius 1 is 1.59 bits per heavy atom. The molecule has 1 aliphatic heterocycles. The van der Waals surface area contributed by atoms with Gasteiger partial charge in [0.2, 0.25) is 5.91 Å². The number of nitrogens with one attached hydrogen (secondary N) is 1. The Morgan fingerprint density at radius 3 is 2.76 bits per heavy atom. The van der Waals surface area contributed by atoms with Gasteiger partial charge in [-0.3, -0.25) is 9.69 Å². The maximum atomic E-state index is 12.1. The Morgan fingerprint density at radius 2 is 2.24 bits per heavy atom. The zero-order valence-corrected chi connectivity index (χ0v) is 9.76. The number of nitrogens with zero attached hydrogens (tertiary/aromatic N) is 1. The van der Waals surface area contributed by atoms with Crippen molar-refractivity contribution in [2.75, 3.05) is 26.2 Å². The van der Waals surface area contributed by atoms with Crippen LogP contribution in [0, 0.1) is 5.92 Å². The van der Waals surface area contributed by atoms with Crippen LogP contribution < -0.4 is 11.1 Å². The Bertz CT molecular complexity index is 268. The van der Waals surface area contributed by atoms with Crippen molar-refractivity contribution in [2.45, 2.75) is 25.6 Å². The van der Waals surface area contributed by atoms with Crippen molar-refractivity contribution in [1.29, 1.82) is 0 Å². The lowest BCUT2D eigenvalue weighted by Gasteiger charge is -2.18. The normalized spacial score (nSPS) is 23.7. The van der Waals surface area contributed by atoms with E-state index in [1.165, 1.54) is 4.90 Å². The molecule has 0 radical (unpaired) electrons. The zero-order valence-electron chi connectivity index (χ0n) is 9.76. The van der Waals surface area contributed by atoms with Crippen LogP contribution in [-0.4, -0.2) is 49.2 Å². The number of carbonyl (C=O) groups excluding carboxylic acids is 1. The molecule has 3 N–H and O–H groups in total. The molecule has 1 saturated heterocycles. The minimum absolute atomic E-state index is 0.0834. The predicted octanol–water partition coefficient (Wildman–Crippen LogP) is 0.334. The first kappa shape index (κ1) is 14.2. The Hall–Kier alpha value is -0.820. The summed E-state index contributed by atoms with van der Waals surface area (Å²) < 4.78 is 36.4. The van der Waals surface area contributed by atoms with Crippen LogP contribution in [0.2, 0.25) is 0 Å². The average Bonchev–Trinajstić information content (AvgIpc) is 2.59. The fourth-order valence-corrected chi connectivity index (χ4v) is 1.88. The van der Waals surface area contributed by atoms with E-state index in [-0.39, 0.29) is 11.8 Å². The van der Waals surface area contributed by atoms with Gasteiger partial charge >= 0.3 is 6.18 Å². The maximum absolute atomic E-state index is 12.1. The molecule has 1 rings (SSSR count). The van der Waals surface area contributed by atoms with Crippen LogP contribution in [0.5, 0.6) is 0 Å². The second-order valence-electron chi connectivity index (χ2n) is 4.54. The number of amides is 1. The summed E-state index contributed by atoms with van der Waals surface area (Å²) in [7, 11) is 0. The minimum Gasteiger partial charge on any atom is -0.354 e. The van der Waals surface area contributed by atoms with Crippen LogP contribution in [0.1, 0.15) is 13.3 Å². The van der Waals surface area contributed by atoms with E-state index in [0.29, 0.717) is 26.1 Å². The Balaban J connectivity index is 2.24. The van der Waals surface area contributed by atoms with E-state index in [1.807, 2.05) is 0 Å². The number of alkyl halides is 3. The van der Waals surface area contributed by atoms with Gasteiger partial charge in [-0.2, -0.15) is 13.2 Å². The van der Waals surface area contributed by atoms with Crippen LogP contribution in [-0.2, 0) is 4.79 Å². The molecule has 0 aromatic rings. The molecule has 0 aliphatic carbocycles. The van der Waals surface area contributed by atoms with Crippen LogP contribution in [0.3, 0.4) is 0 Å². The number of likely N-dealkylation sites (tertiary alicyclic amines) is 1. The highest BCUT2D eigenvalue weighted by Crippen LogP contribution is 2.22. The second-order valence-corrected chi connectivity index (χ2v) is 4.54. The van der Waals surface area contributed by atoms with E-state index in [9.17, 15) is 18.0 Å². The van der Waals surface area contributed by atoms with Gasteiger partial charge in [-0.15, -0.1) is 0 Å². The number of hydrogen-bond acceptors (Lipinski definition) is 3. The van der Waals surface area contributed by atoms with Gasteiger partial charge in [0.1, 0.15) is 0 Å². The molecule has 17 heavy (non-hydrogen) atoms. The standard InChI is InChI=1S/C10H18F3N3O/c1-7(14)9(17)15-4-8-2-3-16(5-8)6-10(11,12)13/h7-8H,2-6,14H2,1H3,(H,15,17)/t7-,8?/m1/s1. The third-order valence-electron chi connectivity index (χ3n) is 2.75. The summed E-state index contributed by atoms with van der Waals surface area (Å²) in [5.74, 6) is -0.181. The number of hydrogen-bond donors (Lipinski definition) is 2. The van der Waals surface area contributed by atoms with Crippen molar-refractivity contribution >= 4 is 5.91 Å². The number of nitrogens with two attached hydrogens (primary N) is 1. The van der Waals surface area contributed by atoms with Crippen LogP contribution in [0.15, 0.2) is 0 Å². The lowest BCUT2D eigenvalue weighted by atomic mass is 10.1. The summed E-state index contributed by atoms with van der Waals surface area (Å²) >= 11 is 0. The fourth-order valence-electron chi connectivity index (χ4n) is 1.88. The summed E-state index contributed by atoms with van der Waals surface area (Å²) in [5, 5.41) is 2.64. The molecule has 1 amide bonds. The zero-order chi connectivity index (χ0) is 13.1. The number of rotatable bonds is 4. The molecular formula is C10H18F3N3O. The Kier molecular flexibility index (Phi) is 4.76. The van der Waals surface area contributed by atoms with Gasteiger partial charge in [-0.1, -0.05) is 0 Å². The molecule has 0 bridgehead atoms. The van der Waals surface area contributed by atoms with E-state index in [4.69, 9.17) is 5.73 Å². The lowest BCUT2D eigenvalue weighted by molar-refractivity contribution is -0.143. The van der Waals surface area contributed by atoms with E-state index in [2.05, 4.69) is 5.32 Å². The lowest BCUT2D eigenvalue weighted by Crippen LogP contribution is -2.41. The number of carbonyl (C=O) groups is 1. The van der Waals surface area contributed by atoms with Crippen molar-refractivity contribution in [1.82, 2.24) is 10.2 Å². The molecule has 0 aromatic carbocycles. The highest BCUT2D eigenvalue weighted by atomic mass is 19.4. The first-order valence-corrected chi connectivity index (χ1v) is 5.60. The highest BCUT2D eigenvalue weighted by molar-refractivity contribution is 5.80. The molecule has 1 unspecified atom stereocenters. The average molecular weight is 253 g/mol. The van der Waals surface area contributed by atoms with E-state index < -0.39 is 18.8 Å². The van der Waals surface area contributed by atoms with Crippen molar-refractivity contribution in [3.05, 3.63) is 0 Å². The van der Waals surface area contributed by atoms with Crippen LogP contribution in [0.4, 0.5) is 13.2 Å². The molecule has 0 aromatic heterocycles. The van der Waals surface area contributed by atoms with Gasteiger partial charge in [-0.25, -0.2) is 0 Å². The summed E-state index contributed by atoms with van der Waals surface area (Å²) in [4.78, 5) is 12.5. The SMILES string of the molecule is C[C@@H](N)C(=O)NCC1CCN(CC(F)(F)F)C1. The summed E-state index contributed by atoms with van der Waals surface area (Å²) in [6.45, 7) is 1.90. The molecular weight excluding hydrogens is 235 g/mol. The van der Waals surface area contributed by atoms with E-state index >= 15 is 0 Å². The Labute approximate surface area is 98.3 Å². The molecule has 0 spiro atoms. The molecule has 7 heteroatoms. The number of halogens is 3. The predicted molar refractivity (Wildman–Crippen MR) is 57.3 cm³/mol. The first-order chi connectivity index (χ1) is 7.78. The van der Waals surface area contributed by atoms with Crippen LogP contribution >= 0.6 is 0 Å². The van der Waals surface area contributed by atoms with Crippen molar-refractivity contribution in [3.63, 3.8) is 0 Å². The smallest absolute Gasteiger partial charge is 0.354 e. The minimum atomic E-state index is -4.15. The third kappa shape index (κ3) is 5.36. The highest BCUT2D eigenvalue weighted by Gasteiger charge is 2.34. The van der Waals surface area contributed by atoms with Crippen molar-refractivity contribution in [3.8, 4) is 0 Å². The van der Waals surface area contributed by atoms with Gasteiger partial charge in [0, 0.05) is 13.1 Å². The second kappa shape index (κ2) is 5.68. The quantitative estimate of drug-likeness (QED) is 0.759. The third-order valence-corrected chi connectivity index (χ3v) is 2.75. The molecule has 1 heterocycles. The van der Waals surface area contributed by atoms with Crippen LogP contribution in [0.25, 0.3) is 0 Å². The molecule has 100 valence electrons. The van der Waals surface area contributed by atoms with E-state index in [1.54, 1.807) is 6.92 Å². The molecule has 0 saturated carbocycles. The first-order valence-electron chi connectivity index (χ1n) is 5.60. The van der Waals surface area contributed by atoms with Crippen molar-refractivity contribution in [2.24, 2.45) is 11.7 Å². The molecule has 2 atom stereocenters. The molecule has 1 fully saturated rings. The maximum Gasteiger partial charge on any atom is 0.401 e. The van der Waals surface area contributed by atoms with E-state index in [0.717, 1.165) is 0 Å². The van der Waals surface area contributed by atoms with Gasteiger partial charge in [-0.05, 0) is 25.8 Å². The van der Waals surface area contributed by atoms with Gasteiger partial charge < -0.3 is 11.1 Å². The largest absolute Gasteiger partial charge is 0.401 e. The van der Waals surface area contributed by atoms with Gasteiger partial charge in [0.15, 0.2) is 0 Å². The van der Waals surface area contributed by atoms with Gasteiger partial charge in [0.25, 0.3) is 0 Å². The molecule has 1 aliphatic rings.